The van der Waals surface area contributed by atoms with Crippen LogP contribution in [0.5, 0.6) is 0 Å². The first-order valence-corrected chi connectivity index (χ1v) is 6.96. The van der Waals surface area contributed by atoms with Crippen molar-refractivity contribution in [1.29, 1.82) is 0 Å². The summed E-state index contributed by atoms with van der Waals surface area (Å²) in [6.45, 7) is 3.65. The van der Waals surface area contributed by atoms with E-state index < -0.39 is 5.97 Å². The smallest absolute Gasteiger partial charge is 0.343 e. The van der Waals surface area contributed by atoms with Gasteiger partial charge in [-0.05, 0) is 37.6 Å². The summed E-state index contributed by atoms with van der Waals surface area (Å²) in [5.74, 6) is -0.686. The Balaban J connectivity index is 2.35. The van der Waals surface area contributed by atoms with Crippen LogP contribution in [0.25, 0.3) is 6.08 Å². The Bertz CT molecular complexity index is 627. The molecular weight excluding hydrogens is 322 g/mol. The molecule has 0 saturated carbocycles. The highest BCUT2D eigenvalue weighted by Gasteiger charge is 2.27. The lowest BCUT2D eigenvalue weighted by Crippen LogP contribution is -2.13. The molecule has 0 unspecified atom stereocenters. The fourth-order valence-corrected chi connectivity index (χ4v) is 2.12. The van der Waals surface area contributed by atoms with Crippen molar-refractivity contribution < 1.29 is 14.6 Å². The van der Waals surface area contributed by atoms with Crippen LogP contribution in [0, 0.1) is 0 Å². The largest absolute Gasteiger partial charge is 0.505 e. The molecule has 0 amide bonds. The van der Waals surface area contributed by atoms with Gasteiger partial charge in [-0.15, -0.1) is 0 Å². The van der Waals surface area contributed by atoms with Gasteiger partial charge in [0.05, 0.1) is 12.3 Å². The molecule has 1 aliphatic rings. The van der Waals surface area contributed by atoms with Gasteiger partial charge in [0.15, 0.2) is 5.76 Å². The molecule has 20 heavy (non-hydrogen) atoms. The van der Waals surface area contributed by atoms with Crippen LogP contribution in [0.2, 0.25) is 0 Å². The second kappa shape index (κ2) is 6.05. The van der Waals surface area contributed by atoms with E-state index in [0.29, 0.717) is 11.4 Å². The molecule has 4 nitrogen and oxygen atoms in total. The SMILES string of the molecule is CCOC(=O)C1=C(O)/C(=C/c2ccc(Br)cc2)N=C1C. The van der Waals surface area contributed by atoms with Gasteiger partial charge < -0.3 is 9.84 Å². The van der Waals surface area contributed by atoms with E-state index in [9.17, 15) is 9.90 Å². The van der Waals surface area contributed by atoms with Crippen LogP contribution < -0.4 is 0 Å². The molecule has 1 heterocycles. The van der Waals surface area contributed by atoms with E-state index in [1.807, 2.05) is 24.3 Å². The molecule has 1 aromatic rings. The van der Waals surface area contributed by atoms with Crippen LogP contribution in [-0.2, 0) is 9.53 Å². The molecular formula is C15H14BrNO3. The van der Waals surface area contributed by atoms with E-state index >= 15 is 0 Å². The van der Waals surface area contributed by atoms with Gasteiger partial charge in [0.2, 0.25) is 0 Å². The minimum atomic E-state index is -0.551. The summed E-state index contributed by atoms with van der Waals surface area (Å²) in [7, 11) is 0. The maximum absolute atomic E-state index is 11.8. The molecule has 5 heteroatoms. The monoisotopic (exact) mass is 335 g/mol. The van der Waals surface area contributed by atoms with Crippen molar-refractivity contribution >= 4 is 33.7 Å². The van der Waals surface area contributed by atoms with Crippen LogP contribution in [0.4, 0.5) is 0 Å². The predicted octanol–water partition coefficient (Wildman–Crippen LogP) is 3.64. The van der Waals surface area contributed by atoms with Gasteiger partial charge in [0.1, 0.15) is 11.3 Å². The highest BCUT2D eigenvalue weighted by molar-refractivity contribution is 9.10. The molecule has 0 aromatic heterocycles. The quantitative estimate of drug-likeness (QED) is 0.858. The minimum Gasteiger partial charge on any atom is -0.505 e. The van der Waals surface area contributed by atoms with Gasteiger partial charge in [-0.1, -0.05) is 28.1 Å². The van der Waals surface area contributed by atoms with E-state index in [4.69, 9.17) is 4.74 Å². The predicted molar refractivity (Wildman–Crippen MR) is 81.5 cm³/mol. The average molecular weight is 336 g/mol. The molecule has 104 valence electrons. The Hall–Kier alpha value is -1.88. The number of aliphatic hydroxyl groups excluding tert-OH is 1. The first kappa shape index (κ1) is 14.5. The number of nitrogens with zero attached hydrogens (tertiary/aromatic N) is 1. The van der Waals surface area contributed by atoms with Gasteiger partial charge in [0, 0.05) is 4.47 Å². The summed E-state index contributed by atoms with van der Waals surface area (Å²) in [5, 5.41) is 10.1. The topological polar surface area (TPSA) is 58.9 Å². The molecule has 0 fully saturated rings. The van der Waals surface area contributed by atoms with E-state index in [2.05, 4.69) is 20.9 Å². The van der Waals surface area contributed by atoms with Crippen LogP contribution in [0.1, 0.15) is 19.4 Å². The van der Waals surface area contributed by atoms with Gasteiger partial charge in [-0.2, -0.15) is 0 Å². The number of rotatable bonds is 3. The number of hydrogen-bond donors (Lipinski definition) is 1. The Kier molecular flexibility index (Phi) is 4.39. The molecule has 0 spiro atoms. The number of carbonyl (C=O) groups excluding carboxylic acids is 1. The molecule has 0 saturated heterocycles. The van der Waals surface area contributed by atoms with Crippen molar-refractivity contribution in [2.75, 3.05) is 6.61 Å². The summed E-state index contributed by atoms with van der Waals surface area (Å²) in [6.07, 6.45) is 1.72. The Morgan fingerprint density at radius 2 is 2.05 bits per heavy atom. The van der Waals surface area contributed by atoms with Crippen LogP contribution in [-0.4, -0.2) is 23.4 Å². The number of benzene rings is 1. The molecule has 1 aromatic carbocycles. The molecule has 0 radical (unpaired) electrons. The average Bonchev–Trinajstić information content (AvgIpc) is 2.67. The van der Waals surface area contributed by atoms with Gasteiger partial charge in [-0.25, -0.2) is 9.79 Å². The second-order valence-corrected chi connectivity index (χ2v) is 5.14. The van der Waals surface area contributed by atoms with Gasteiger partial charge >= 0.3 is 5.97 Å². The number of halogens is 1. The normalized spacial score (nSPS) is 16.6. The number of carbonyl (C=O) groups is 1. The highest BCUT2D eigenvalue weighted by atomic mass is 79.9. The Morgan fingerprint density at radius 3 is 2.65 bits per heavy atom. The van der Waals surface area contributed by atoms with Gasteiger partial charge in [0.25, 0.3) is 0 Å². The highest BCUT2D eigenvalue weighted by Crippen LogP contribution is 2.26. The van der Waals surface area contributed by atoms with E-state index in [0.717, 1.165) is 10.0 Å². The van der Waals surface area contributed by atoms with Crippen molar-refractivity contribution in [3.05, 3.63) is 51.3 Å². The van der Waals surface area contributed by atoms with Crippen molar-refractivity contribution in [3.8, 4) is 0 Å². The van der Waals surface area contributed by atoms with Crippen molar-refractivity contribution in [2.24, 2.45) is 4.99 Å². The molecule has 2 rings (SSSR count). The van der Waals surface area contributed by atoms with E-state index in [1.165, 1.54) is 0 Å². The van der Waals surface area contributed by atoms with Gasteiger partial charge in [-0.3, -0.25) is 0 Å². The summed E-state index contributed by atoms with van der Waals surface area (Å²) < 4.78 is 5.88. The fourth-order valence-electron chi connectivity index (χ4n) is 1.85. The molecule has 0 aliphatic carbocycles. The molecule has 1 N–H and O–H groups in total. The van der Waals surface area contributed by atoms with E-state index in [1.54, 1.807) is 19.9 Å². The first-order valence-electron chi connectivity index (χ1n) is 6.16. The van der Waals surface area contributed by atoms with Crippen molar-refractivity contribution in [3.63, 3.8) is 0 Å². The number of hydrogen-bond acceptors (Lipinski definition) is 4. The third-order valence-electron chi connectivity index (χ3n) is 2.78. The van der Waals surface area contributed by atoms with Crippen molar-refractivity contribution in [2.45, 2.75) is 13.8 Å². The zero-order chi connectivity index (χ0) is 14.7. The summed E-state index contributed by atoms with van der Waals surface area (Å²) in [6, 6.07) is 7.56. The van der Waals surface area contributed by atoms with Crippen LogP contribution in [0.15, 0.2) is 50.8 Å². The molecule has 1 aliphatic heterocycles. The standard InChI is InChI=1S/C15H14BrNO3/c1-3-20-15(19)13-9(2)17-12(14(13)18)8-10-4-6-11(16)7-5-10/h4-8,18H,3H2,1-2H3/b12-8-. The summed E-state index contributed by atoms with van der Waals surface area (Å²) >= 11 is 3.36. The number of aliphatic imine (C=N–C) groups is 1. The zero-order valence-electron chi connectivity index (χ0n) is 11.2. The lowest BCUT2D eigenvalue weighted by atomic mass is 10.1. The maximum Gasteiger partial charge on any atom is 0.343 e. The summed E-state index contributed by atoms with van der Waals surface area (Å²) in [5.41, 5.74) is 1.85. The Morgan fingerprint density at radius 1 is 1.40 bits per heavy atom. The molecule has 0 atom stereocenters. The molecule has 0 bridgehead atoms. The minimum absolute atomic E-state index is 0.134. The Labute approximate surface area is 125 Å². The van der Waals surface area contributed by atoms with Crippen molar-refractivity contribution in [1.82, 2.24) is 0 Å². The third kappa shape index (κ3) is 2.99. The first-order chi connectivity index (χ1) is 9.52. The second-order valence-electron chi connectivity index (χ2n) is 4.22. The van der Waals surface area contributed by atoms with Crippen LogP contribution in [0.3, 0.4) is 0 Å². The maximum atomic E-state index is 11.8. The third-order valence-corrected chi connectivity index (χ3v) is 3.31. The lowest BCUT2D eigenvalue weighted by molar-refractivity contribution is -0.138. The van der Waals surface area contributed by atoms with E-state index in [-0.39, 0.29) is 17.9 Å². The number of aliphatic hydroxyl groups is 1. The fraction of sp³-hybridized carbons (Fsp3) is 0.200. The summed E-state index contributed by atoms with van der Waals surface area (Å²) in [4.78, 5) is 16.0. The lowest BCUT2D eigenvalue weighted by Gasteiger charge is -2.02. The number of ether oxygens (including phenoxy) is 1. The number of esters is 1. The zero-order valence-corrected chi connectivity index (χ0v) is 12.8. The van der Waals surface area contributed by atoms with Crippen LogP contribution >= 0.6 is 15.9 Å².